The Labute approximate surface area is 176 Å². The lowest BCUT2D eigenvalue weighted by Crippen LogP contribution is -2.43. The molecule has 1 amide bonds. The first-order valence-corrected chi connectivity index (χ1v) is 9.50. The molecule has 3 N–H and O–H groups in total. The van der Waals surface area contributed by atoms with Crippen molar-refractivity contribution in [2.75, 3.05) is 0 Å². The second-order valence-corrected chi connectivity index (χ2v) is 7.43. The van der Waals surface area contributed by atoms with Gasteiger partial charge in [0.05, 0.1) is 5.69 Å². The predicted molar refractivity (Wildman–Crippen MR) is 103 cm³/mol. The van der Waals surface area contributed by atoms with Crippen LogP contribution in [0.5, 0.6) is 0 Å². The fourth-order valence-corrected chi connectivity index (χ4v) is 4.17. The number of rotatable bonds is 3. The summed E-state index contributed by atoms with van der Waals surface area (Å²) in [4.78, 5) is 27.1. The van der Waals surface area contributed by atoms with Crippen LogP contribution in [0.15, 0.2) is 39.7 Å². The van der Waals surface area contributed by atoms with E-state index in [0.717, 1.165) is 6.07 Å². The molecule has 0 radical (unpaired) electrons. The highest BCUT2D eigenvalue weighted by Gasteiger charge is 2.36. The summed E-state index contributed by atoms with van der Waals surface area (Å²) in [5.41, 5.74) is 2.07. The first-order chi connectivity index (χ1) is 15.3. The number of halogens is 3. The van der Waals surface area contributed by atoms with E-state index in [1.165, 1.54) is 0 Å². The summed E-state index contributed by atoms with van der Waals surface area (Å²) in [7, 11) is 0. The normalized spacial score (nSPS) is 18.0. The molecular formula is C20H14F3N5O4. The third kappa shape index (κ3) is 3.29. The molecule has 3 aromatic heterocycles. The van der Waals surface area contributed by atoms with Crippen molar-refractivity contribution in [3.8, 4) is 11.5 Å². The lowest BCUT2D eigenvalue weighted by molar-refractivity contribution is 0.186. The van der Waals surface area contributed by atoms with E-state index in [1.54, 1.807) is 22.7 Å². The van der Waals surface area contributed by atoms with Crippen LogP contribution in [0.3, 0.4) is 0 Å². The van der Waals surface area contributed by atoms with Gasteiger partial charge in [0.15, 0.2) is 11.6 Å². The van der Waals surface area contributed by atoms with Crippen molar-refractivity contribution in [3.05, 3.63) is 75.4 Å². The molecule has 12 heteroatoms. The van der Waals surface area contributed by atoms with E-state index in [2.05, 4.69) is 20.5 Å². The van der Waals surface area contributed by atoms with Gasteiger partial charge in [0, 0.05) is 48.3 Å². The van der Waals surface area contributed by atoms with Crippen LogP contribution in [-0.4, -0.2) is 36.8 Å². The van der Waals surface area contributed by atoms with Crippen LogP contribution in [-0.2, 0) is 12.8 Å². The SMILES string of the molecule is O=C(O)N[C@H]1Cc2c(nc3cc(-c4n[nH]c(=O)o4)ccn23)C[C@@H]1c1cc(F)c(F)cc1F. The van der Waals surface area contributed by atoms with E-state index in [0.29, 0.717) is 28.7 Å². The Morgan fingerprint density at radius 3 is 2.69 bits per heavy atom. The number of amides is 1. The van der Waals surface area contributed by atoms with Gasteiger partial charge in [0.25, 0.3) is 0 Å². The molecule has 3 heterocycles. The van der Waals surface area contributed by atoms with E-state index in [9.17, 15) is 27.9 Å². The van der Waals surface area contributed by atoms with Gasteiger partial charge in [-0.3, -0.25) is 0 Å². The zero-order valence-electron chi connectivity index (χ0n) is 16.1. The number of H-pyrrole nitrogens is 1. The Balaban J connectivity index is 1.59. The van der Waals surface area contributed by atoms with Crippen molar-refractivity contribution in [1.82, 2.24) is 24.9 Å². The average molecular weight is 445 g/mol. The van der Waals surface area contributed by atoms with Crippen molar-refractivity contribution in [2.45, 2.75) is 24.8 Å². The van der Waals surface area contributed by atoms with Crippen LogP contribution in [0.4, 0.5) is 18.0 Å². The standard InChI is InChI=1S/C20H14F3N5O4/c21-11-6-13(23)12(22)4-9(11)10-5-15-16(7-14(10)25-19(29)30)28-2-1-8(3-17(28)24-15)18-26-27-20(31)32-18/h1-4,6,10,14,25H,5,7H2,(H,27,31)(H,29,30)/t10-,14+/m1/s1. The Morgan fingerprint density at radius 2 is 1.97 bits per heavy atom. The smallest absolute Gasteiger partial charge is 0.434 e. The molecular weight excluding hydrogens is 431 g/mol. The van der Waals surface area contributed by atoms with Crippen molar-refractivity contribution >= 4 is 11.7 Å². The van der Waals surface area contributed by atoms with Gasteiger partial charge in [-0.2, -0.15) is 0 Å². The molecule has 9 nitrogen and oxygen atoms in total. The molecule has 0 saturated heterocycles. The maximum absolute atomic E-state index is 14.5. The number of carboxylic acid groups (broad SMARTS) is 1. The van der Waals surface area contributed by atoms with Crippen LogP contribution in [0.1, 0.15) is 22.9 Å². The number of hydrogen-bond acceptors (Lipinski definition) is 5. The number of imidazole rings is 1. The number of pyridine rings is 1. The highest BCUT2D eigenvalue weighted by atomic mass is 19.2. The Morgan fingerprint density at radius 1 is 1.19 bits per heavy atom. The largest absolute Gasteiger partial charge is 0.465 e. The molecule has 0 unspecified atom stereocenters. The Kier molecular flexibility index (Phi) is 4.50. The zero-order chi connectivity index (χ0) is 22.6. The number of carbonyl (C=O) groups is 1. The van der Waals surface area contributed by atoms with Gasteiger partial charge in [-0.05, 0) is 23.8 Å². The van der Waals surface area contributed by atoms with Gasteiger partial charge in [-0.15, -0.1) is 5.10 Å². The Hall–Kier alpha value is -4.09. The van der Waals surface area contributed by atoms with E-state index in [-0.39, 0.29) is 24.3 Å². The number of benzene rings is 1. The summed E-state index contributed by atoms with van der Waals surface area (Å²) in [6.07, 6.45) is 0.581. The fourth-order valence-electron chi connectivity index (χ4n) is 4.17. The molecule has 1 aliphatic rings. The molecule has 1 aliphatic carbocycles. The predicted octanol–water partition coefficient (Wildman–Crippen LogP) is 2.61. The van der Waals surface area contributed by atoms with Gasteiger partial charge in [-0.1, -0.05) is 0 Å². The van der Waals surface area contributed by atoms with Crippen molar-refractivity contribution in [1.29, 1.82) is 0 Å². The molecule has 164 valence electrons. The van der Waals surface area contributed by atoms with E-state index < -0.39 is 41.3 Å². The molecule has 0 spiro atoms. The van der Waals surface area contributed by atoms with Crippen molar-refractivity contribution < 1.29 is 27.5 Å². The van der Waals surface area contributed by atoms with E-state index in [1.807, 2.05) is 0 Å². The van der Waals surface area contributed by atoms with Crippen molar-refractivity contribution in [2.24, 2.45) is 0 Å². The number of aromatic amines is 1. The minimum absolute atomic E-state index is 0.0747. The van der Waals surface area contributed by atoms with Gasteiger partial charge in [0.1, 0.15) is 11.5 Å². The zero-order valence-corrected chi connectivity index (χ0v) is 16.1. The fraction of sp³-hybridized carbons (Fsp3) is 0.200. The summed E-state index contributed by atoms with van der Waals surface area (Å²) in [5, 5.41) is 17.6. The summed E-state index contributed by atoms with van der Waals surface area (Å²) in [5.74, 6) is -4.94. The molecule has 0 bridgehead atoms. The lowest BCUT2D eigenvalue weighted by Gasteiger charge is -2.31. The van der Waals surface area contributed by atoms with Gasteiger partial charge in [-0.25, -0.2) is 32.8 Å². The highest BCUT2D eigenvalue weighted by molar-refractivity contribution is 5.65. The van der Waals surface area contributed by atoms with E-state index in [4.69, 9.17) is 4.42 Å². The maximum atomic E-state index is 14.5. The molecule has 4 aromatic rings. The number of nitrogens with zero attached hydrogens (tertiary/aromatic N) is 3. The quantitative estimate of drug-likeness (QED) is 0.417. The number of fused-ring (bicyclic) bond motifs is 3. The second kappa shape index (κ2) is 7.25. The number of nitrogens with one attached hydrogen (secondary N) is 2. The van der Waals surface area contributed by atoms with Crippen LogP contribution in [0.25, 0.3) is 17.1 Å². The summed E-state index contributed by atoms with van der Waals surface area (Å²) in [6, 6.07) is 3.68. The van der Waals surface area contributed by atoms with Crippen LogP contribution >= 0.6 is 0 Å². The monoisotopic (exact) mass is 445 g/mol. The molecule has 0 aliphatic heterocycles. The molecule has 2 atom stereocenters. The third-order valence-corrected chi connectivity index (χ3v) is 5.55. The summed E-state index contributed by atoms with van der Waals surface area (Å²) >= 11 is 0. The van der Waals surface area contributed by atoms with E-state index >= 15 is 0 Å². The van der Waals surface area contributed by atoms with Gasteiger partial charge in [0.2, 0.25) is 5.89 Å². The lowest BCUT2D eigenvalue weighted by atomic mass is 9.80. The molecule has 32 heavy (non-hydrogen) atoms. The molecule has 0 saturated carbocycles. The minimum atomic E-state index is -1.32. The molecule has 1 aromatic carbocycles. The van der Waals surface area contributed by atoms with Gasteiger partial charge >= 0.3 is 11.8 Å². The molecule has 5 rings (SSSR count). The highest BCUT2D eigenvalue weighted by Crippen LogP contribution is 2.36. The van der Waals surface area contributed by atoms with Crippen molar-refractivity contribution in [3.63, 3.8) is 0 Å². The second-order valence-electron chi connectivity index (χ2n) is 7.43. The van der Waals surface area contributed by atoms with Crippen LogP contribution in [0, 0.1) is 17.5 Å². The third-order valence-electron chi connectivity index (χ3n) is 5.55. The summed E-state index contributed by atoms with van der Waals surface area (Å²) < 4.78 is 48.4. The first kappa shape index (κ1) is 19.8. The van der Waals surface area contributed by atoms with Crippen LogP contribution in [0.2, 0.25) is 0 Å². The maximum Gasteiger partial charge on any atom is 0.434 e. The minimum Gasteiger partial charge on any atom is -0.465 e. The number of hydrogen-bond donors (Lipinski definition) is 3. The summed E-state index contributed by atoms with van der Waals surface area (Å²) in [6.45, 7) is 0. The first-order valence-electron chi connectivity index (χ1n) is 9.50. The van der Waals surface area contributed by atoms with Crippen LogP contribution < -0.4 is 11.1 Å². The number of aromatic nitrogens is 4. The molecule has 0 fully saturated rings. The Bertz CT molecular complexity index is 1430. The van der Waals surface area contributed by atoms with Gasteiger partial charge < -0.3 is 19.2 Å². The average Bonchev–Trinajstić information content (AvgIpc) is 3.32. The topological polar surface area (TPSA) is 126 Å².